The van der Waals surface area contributed by atoms with Gasteiger partial charge in [-0.25, -0.2) is 13.2 Å². The number of aliphatic carboxylic acids is 1. The van der Waals surface area contributed by atoms with Crippen LogP contribution < -0.4 is 9.46 Å². The van der Waals surface area contributed by atoms with E-state index in [4.69, 9.17) is 9.84 Å². The Hall–Kier alpha value is -2.91. The summed E-state index contributed by atoms with van der Waals surface area (Å²) in [6.45, 7) is 0. The summed E-state index contributed by atoms with van der Waals surface area (Å²) in [6.07, 6.45) is -0.0637. The molecule has 0 amide bonds. The van der Waals surface area contributed by atoms with E-state index >= 15 is 0 Å². The third-order valence-electron chi connectivity index (χ3n) is 3.61. The van der Waals surface area contributed by atoms with E-state index in [0.29, 0.717) is 11.3 Å². The van der Waals surface area contributed by atoms with Crippen molar-refractivity contribution >= 4 is 22.0 Å². The van der Waals surface area contributed by atoms with E-state index in [1.54, 1.807) is 24.3 Å². The van der Waals surface area contributed by atoms with Crippen LogP contribution in [0.2, 0.25) is 0 Å². The second kappa shape index (κ2) is 7.98. The number of nitrogens with one attached hydrogen (secondary N) is 1. The number of hydrogen-bond donors (Lipinski definition) is 3. The van der Waals surface area contributed by atoms with E-state index in [2.05, 4.69) is 4.72 Å². The summed E-state index contributed by atoms with van der Waals surface area (Å²) in [5.41, 5.74) is 0.541. The molecule has 2 aromatic rings. The van der Waals surface area contributed by atoms with E-state index in [1.165, 1.54) is 7.11 Å². The van der Waals surface area contributed by atoms with Crippen molar-refractivity contribution in [3.05, 3.63) is 59.7 Å². The number of rotatable bonds is 8. The highest BCUT2D eigenvalue weighted by Crippen LogP contribution is 2.15. The minimum atomic E-state index is -4.13. The van der Waals surface area contributed by atoms with Gasteiger partial charge < -0.3 is 14.9 Å². The summed E-state index contributed by atoms with van der Waals surface area (Å²) in [7, 11) is -2.63. The highest BCUT2D eigenvalue weighted by Gasteiger charge is 2.26. The number of methoxy groups -OCH3 is 1. The monoisotopic (exact) mass is 379 g/mol. The lowest BCUT2D eigenvalue weighted by molar-refractivity contribution is -0.138. The van der Waals surface area contributed by atoms with Crippen molar-refractivity contribution in [1.29, 1.82) is 0 Å². The summed E-state index contributed by atoms with van der Waals surface area (Å²) in [5, 5.41) is 18.2. The first-order chi connectivity index (χ1) is 12.2. The zero-order valence-corrected chi connectivity index (χ0v) is 14.6. The van der Waals surface area contributed by atoms with Gasteiger partial charge in [-0.15, -0.1) is 0 Å². The Labute approximate surface area is 150 Å². The van der Waals surface area contributed by atoms with Crippen molar-refractivity contribution in [1.82, 2.24) is 4.72 Å². The third-order valence-corrected chi connectivity index (χ3v) is 5.09. The molecule has 0 unspecified atom stereocenters. The maximum absolute atomic E-state index is 12.4. The molecule has 0 aliphatic rings. The lowest BCUT2D eigenvalue weighted by Gasteiger charge is -2.15. The maximum atomic E-state index is 12.4. The number of carboxylic acid groups (broad SMARTS) is 2. The first kappa shape index (κ1) is 19.4. The fraction of sp³-hybridized carbons (Fsp3) is 0.176. The molecule has 2 rings (SSSR count). The van der Waals surface area contributed by atoms with Crippen LogP contribution in [0.25, 0.3) is 0 Å². The molecule has 1 atom stereocenters. The fourth-order valence-electron chi connectivity index (χ4n) is 2.21. The molecule has 8 nitrogen and oxygen atoms in total. The molecule has 0 aliphatic carbocycles. The number of carboxylic acids is 2. The number of sulfonamides is 1. The Morgan fingerprint density at radius 2 is 1.62 bits per heavy atom. The molecular weight excluding hydrogens is 362 g/mol. The van der Waals surface area contributed by atoms with Crippen molar-refractivity contribution in [3.8, 4) is 5.75 Å². The summed E-state index contributed by atoms with van der Waals surface area (Å²) < 4.78 is 31.9. The molecule has 138 valence electrons. The van der Waals surface area contributed by atoms with Crippen LogP contribution in [0.4, 0.5) is 0 Å². The summed E-state index contributed by atoms with van der Waals surface area (Å²) in [5.74, 6) is -1.92. The average Bonchev–Trinajstić information content (AvgIpc) is 2.61. The zero-order valence-electron chi connectivity index (χ0n) is 13.7. The average molecular weight is 379 g/mol. The van der Waals surface area contributed by atoms with Crippen molar-refractivity contribution < 1.29 is 33.0 Å². The van der Waals surface area contributed by atoms with Crippen LogP contribution in [0.3, 0.4) is 0 Å². The van der Waals surface area contributed by atoms with Gasteiger partial charge in [-0.05, 0) is 48.4 Å². The molecule has 0 bridgehead atoms. The van der Waals surface area contributed by atoms with Gasteiger partial charge in [0.1, 0.15) is 11.8 Å². The molecule has 0 saturated carbocycles. The fourth-order valence-corrected chi connectivity index (χ4v) is 3.40. The predicted octanol–water partition coefficient (Wildman–Crippen LogP) is 1.37. The number of ether oxygens (including phenoxy) is 1. The lowest BCUT2D eigenvalue weighted by Crippen LogP contribution is -2.42. The molecule has 0 fully saturated rings. The summed E-state index contributed by atoms with van der Waals surface area (Å²) >= 11 is 0. The quantitative estimate of drug-likeness (QED) is 0.631. The maximum Gasteiger partial charge on any atom is 0.335 e. The van der Waals surface area contributed by atoms with Crippen LogP contribution in [0, 0.1) is 0 Å². The molecule has 3 N–H and O–H groups in total. The van der Waals surface area contributed by atoms with Gasteiger partial charge in [-0.3, -0.25) is 4.79 Å². The summed E-state index contributed by atoms with van der Waals surface area (Å²) in [4.78, 5) is 22.1. The van der Waals surface area contributed by atoms with Gasteiger partial charge in [-0.1, -0.05) is 12.1 Å². The number of carbonyl (C=O) groups is 2. The largest absolute Gasteiger partial charge is 0.497 e. The van der Waals surface area contributed by atoms with Gasteiger partial charge in [-0.2, -0.15) is 4.72 Å². The van der Waals surface area contributed by atoms with E-state index in [-0.39, 0.29) is 16.9 Å². The van der Waals surface area contributed by atoms with Gasteiger partial charge in [0.25, 0.3) is 0 Å². The Balaban J connectivity index is 2.19. The van der Waals surface area contributed by atoms with Crippen molar-refractivity contribution in [2.24, 2.45) is 0 Å². The number of aromatic carboxylic acids is 1. The highest BCUT2D eigenvalue weighted by molar-refractivity contribution is 7.89. The van der Waals surface area contributed by atoms with Gasteiger partial charge in [0.05, 0.1) is 17.6 Å². The predicted molar refractivity (Wildman–Crippen MR) is 91.8 cm³/mol. The van der Waals surface area contributed by atoms with E-state index in [0.717, 1.165) is 24.3 Å². The van der Waals surface area contributed by atoms with Crippen LogP contribution in [0.15, 0.2) is 53.4 Å². The van der Waals surface area contributed by atoms with Gasteiger partial charge >= 0.3 is 11.9 Å². The molecule has 0 aliphatic heterocycles. The van der Waals surface area contributed by atoms with Crippen LogP contribution in [-0.4, -0.2) is 43.7 Å². The van der Waals surface area contributed by atoms with Crippen molar-refractivity contribution in [2.45, 2.75) is 17.4 Å². The molecule has 0 heterocycles. The first-order valence-corrected chi connectivity index (χ1v) is 8.92. The van der Waals surface area contributed by atoms with E-state index in [1.807, 2.05) is 0 Å². The number of benzene rings is 2. The van der Waals surface area contributed by atoms with Crippen molar-refractivity contribution in [2.75, 3.05) is 7.11 Å². The van der Waals surface area contributed by atoms with E-state index in [9.17, 15) is 23.1 Å². The molecule has 0 saturated heterocycles. The minimum Gasteiger partial charge on any atom is -0.497 e. The van der Waals surface area contributed by atoms with Crippen LogP contribution in [-0.2, 0) is 21.2 Å². The second-order valence-corrected chi connectivity index (χ2v) is 7.11. The van der Waals surface area contributed by atoms with Gasteiger partial charge in [0.15, 0.2) is 0 Å². The smallest absolute Gasteiger partial charge is 0.335 e. The van der Waals surface area contributed by atoms with Crippen LogP contribution >= 0.6 is 0 Å². The molecule has 0 radical (unpaired) electrons. The molecule has 0 aromatic heterocycles. The van der Waals surface area contributed by atoms with Gasteiger partial charge in [0.2, 0.25) is 10.0 Å². The summed E-state index contributed by atoms with van der Waals surface area (Å²) in [6, 6.07) is 9.69. The first-order valence-electron chi connectivity index (χ1n) is 7.44. The molecular formula is C17H17NO7S. The third kappa shape index (κ3) is 4.80. The topological polar surface area (TPSA) is 130 Å². The standard InChI is InChI=1S/C17H17NO7S/c1-25-13-6-2-11(3-7-13)10-15(17(21)22)18-26(23,24)14-8-4-12(5-9-14)16(19)20/h2-9,15,18H,10H2,1H3,(H,19,20)(H,21,22)/t15-/m1/s1. The molecule has 26 heavy (non-hydrogen) atoms. The zero-order chi connectivity index (χ0) is 19.3. The second-order valence-electron chi connectivity index (χ2n) is 5.39. The van der Waals surface area contributed by atoms with Crippen LogP contribution in [0.5, 0.6) is 5.75 Å². The Bertz CT molecular complexity index is 890. The van der Waals surface area contributed by atoms with Crippen LogP contribution in [0.1, 0.15) is 15.9 Å². The molecule has 9 heteroatoms. The SMILES string of the molecule is COc1ccc(C[C@@H](NS(=O)(=O)c2ccc(C(=O)O)cc2)C(=O)O)cc1. The van der Waals surface area contributed by atoms with E-state index < -0.39 is 28.0 Å². The minimum absolute atomic E-state index is 0.0637. The van der Waals surface area contributed by atoms with Gasteiger partial charge in [0, 0.05) is 0 Å². The Kier molecular flexibility index (Phi) is 5.96. The number of hydrogen-bond acceptors (Lipinski definition) is 5. The molecule has 2 aromatic carbocycles. The Morgan fingerprint density at radius 1 is 1.04 bits per heavy atom. The highest BCUT2D eigenvalue weighted by atomic mass is 32.2. The normalized spacial score (nSPS) is 12.3. The van der Waals surface area contributed by atoms with Crippen molar-refractivity contribution in [3.63, 3.8) is 0 Å². The lowest BCUT2D eigenvalue weighted by atomic mass is 10.1. The Morgan fingerprint density at radius 3 is 2.08 bits per heavy atom. The molecule has 0 spiro atoms.